The van der Waals surface area contributed by atoms with Gasteiger partial charge in [-0.1, -0.05) is 18.2 Å². The van der Waals surface area contributed by atoms with E-state index in [-0.39, 0.29) is 12.0 Å². The summed E-state index contributed by atoms with van der Waals surface area (Å²) in [7, 11) is 0. The monoisotopic (exact) mass is 411 g/mol. The molecule has 30 heavy (non-hydrogen) atoms. The van der Waals surface area contributed by atoms with Crippen LogP contribution in [0.3, 0.4) is 0 Å². The maximum Gasteiger partial charge on any atom is 0.290 e. The molecule has 0 aliphatic carbocycles. The van der Waals surface area contributed by atoms with Crippen LogP contribution in [-0.4, -0.2) is 53.0 Å². The lowest BCUT2D eigenvalue weighted by molar-refractivity contribution is 0.0543. The molecule has 2 aromatic heterocycles. The largest absolute Gasteiger partial charge is 0.451 e. The third-order valence-corrected chi connectivity index (χ3v) is 5.54. The number of aromatic nitrogens is 1. The third kappa shape index (κ3) is 4.27. The second-order valence-electron chi connectivity index (χ2n) is 8.08. The van der Waals surface area contributed by atoms with Gasteiger partial charge in [-0.2, -0.15) is 0 Å². The van der Waals surface area contributed by atoms with Gasteiger partial charge in [0.05, 0.1) is 24.9 Å². The summed E-state index contributed by atoms with van der Waals surface area (Å²) in [5, 5.41) is 0.940. The van der Waals surface area contributed by atoms with Gasteiger partial charge in [0, 0.05) is 37.1 Å². The van der Waals surface area contributed by atoms with Crippen molar-refractivity contribution in [1.29, 1.82) is 0 Å². The van der Waals surface area contributed by atoms with Crippen LogP contribution in [0.4, 0.5) is 0 Å². The van der Waals surface area contributed by atoms with Crippen LogP contribution in [0.25, 0.3) is 11.0 Å². The number of furan rings is 1. The highest BCUT2D eigenvalue weighted by Crippen LogP contribution is 2.28. The fraction of sp³-hybridized carbons (Fsp3) is 0.478. The number of para-hydroxylation sites is 1. The molecule has 0 radical (unpaired) electrons. The first-order valence-electron chi connectivity index (χ1n) is 10.5. The van der Waals surface area contributed by atoms with Crippen molar-refractivity contribution in [2.45, 2.75) is 47.0 Å². The molecule has 3 aromatic rings. The smallest absolute Gasteiger partial charge is 0.290 e. The van der Waals surface area contributed by atoms with Gasteiger partial charge in [0.25, 0.3) is 5.91 Å². The van der Waals surface area contributed by atoms with Gasteiger partial charge >= 0.3 is 0 Å². The van der Waals surface area contributed by atoms with Crippen molar-refractivity contribution in [2.75, 3.05) is 26.2 Å². The van der Waals surface area contributed by atoms with Gasteiger partial charge in [0.15, 0.2) is 5.76 Å². The molecule has 0 N–H and O–H groups in total. The number of hydrogen-bond donors (Lipinski definition) is 0. The van der Waals surface area contributed by atoms with Crippen LogP contribution < -0.4 is 0 Å². The molecule has 1 saturated heterocycles. The van der Waals surface area contributed by atoms with Crippen LogP contribution in [0.15, 0.2) is 33.1 Å². The van der Waals surface area contributed by atoms with E-state index in [0.717, 1.165) is 47.0 Å². The first kappa shape index (κ1) is 20.6. The topological polar surface area (TPSA) is 72.0 Å². The van der Waals surface area contributed by atoms with E-state index in [1.165, 1.54) is 0 Å². The number of fused-ring (bicyclic) bond motifs is 1. The number of oxazole rings is 1. The van der Waals surface area contributed by atoms with Crippen molar-refractivity contribution in [3.8, 4) is 0 Å². The number of piperazine rings is 1. The van der Waals surface area contributed by atoms with Crippen molar-refractivity contribution in [2.24, 2.45) is 0 Å². The minimum Gasteiger partial charge on any atom is -0.451 e. The summed E-state index contributed by atoms with van der Waals surface area (Å²) in [5.74, 6) is 1.91. The molecule has 0 spiro atoms. The van der Waals surface area contributed by atoms with Crippen molar-refractivity contribution >= 4 is 16.9 Å². The van der Waals surface area contributed by atoms with Crippen LogP contribution in [0, 0.1) is 13.8 Å². The number of amides is 1. The van der Waals surface area contributed by atoms with E-state index in [1.807, 2.05) is 56.9 Å². The third-order valence-electron chi connectivity index (χ3n) is 5.54. The maximum absolute atomic E-state index is 13.3. The molecule has 160 valence electrons. The Hall–Kier alpha value is -2.64. The predicted molar refractivity (Wildman–Crippen MR) is 113 cm³/mol. The summed E-state index contributed by atoms with van der Waals surface area (Å²) in [6, 6.07) is 7.74. The summed E-state index contributed by atoms with van der Waals surface area (Å²) in [4.78, 5) is 21.9. The Kier molecular flexibility index (Phi) is 5.92. The predicted octanol–water partition coefficient (Wildman–Crippen LogP) is 3.92. The van der Waals surface area contributed by atoms with E-state index in [1.54, 1.807) is 0 Å². The summed E-state index contributed by atoms with van der Waals surface area (Å²) >= 11 is 0. The minimum atomic E-state index is -0.0731. The first-order chi connectivity index (χ1) is 14.4. The zero-order valence-corrected chi connectivity index (χ0v) is 18.1. The standard InChI is InChI=1S/C23H29N3O4/c1-15(2)28-14-19-18-7-5-6-8-20(18)30-22(19)23(27)26-11-9-25(10-12-26)13-21-24-16(3)17(4)29-21/h5-8,15H,9-14H2,1-4H3. The SMILES string of the molecule is Cc1nc(CN2CCN(C(=O)c3oc4ccccc4c3COC(C)C)CC2)oc1C. The van der Waals surface area contributed by atoms with E-state index in [2.05, 4.69) is 9.88 Å². The van der Waals surface area contributed by atoms with E-state index >= 15 is 0 Å². The van der Waals surface area contributed by atoms with Gasteiger partial charge in [-0.3, -0.25) is 9.69 Å². The van der Waals surface area contributed by atoms with E-state index in [4.69, 9.17) is 13.6 Å². The highest BCUT2D eigenvalue weighted by molar-refractivity contribution is 5.99. The molecule has 0 unspecified atom stereocenters. The molecule has 0 bridgehead atoms. The second-order valence-corrected chi connectivity index (χ2v) is 8.08. The summed E-state index contributed by atoms with van der Waals surface area (Å²) < 4.78 is 17.5. The second kappa shape index (κ2) is 8.62. The summed E-state index contributed by atoms with van der Waals surface area (Å²) in [6.07, 6.45) is 0.0765. The zero-order valence-electron chi connectivity index (χ0n) is 18.1. The number of hydrogen-bond acceptors (Lipinski definition) is 6. The van der Waals surface area contributed by atoms with Crippen LogP contribution in [0.1, 0.15) is 47.3 Å². The number of rotatable bonds is 6. The molecule has 1 aliphatic heterocycles. The highest BCUT2D eigenvalue weighted by Gasteiger charge is 2.28. The molecule has 7 nitrogen and oxygen atoms in total. The Morgan fingerprint density at radius 1 is 1.13 bits per heavy atom. The average Bonchev–Trinajstić information content (AvgIpc) is 3.25. The van der Waals surface area contributed by atoms with Crippen LogP contribution in [-0.2, 0) is 17.9 Å². The summed E-state index contributed by atoms with van der Waals surface area (Å²) in [6.45, 7) is 11.7. The molecule has 1 amide bonds. The highest BCUT2D eigenvalue weighted by atomic mass is 16.5. The van der Waals surface area contributed by atoms with Gasteiger partial charge in [-0.25, -0.2) is 4.98 Å². The molecule has 7 heteroatoms. The Morgan fingerprint density at radius 3 is 2.53 bits per heavy atom. The van der Waals surface area contributed by atoms with Gasteiger partial charge in [-0.15, -0.1) is 0 Å². The molecule has 4 rings (SSSR count). The lowest BCUT2D eigenvalue weighted by Gasteiger charge is -2.33. The lowest BCUT2D eigenvalue weighted by Crippen LogP contribution is -2.48. The minimum absolute atomic E-state index is 0.0731. The van der Waals surface area contributed by atoms with E-state index < -0.39 is 0 Å². The number of nitrogens with zero attached hydrogens (tertiary/aromatic N) is 3. The van der Waals surface area contributed by atoms with E-state index in [9.17, 15) is 4.79 Å². The number of benzene rings is 1. The Balaban J connectivity index is 1.46. The Bertz CT molecular complexity index is 1010. The van der Waals surface area contributed by atoms with Crippen molar-refractivity contribution < 1.29 is 18.4 Å². The van der Waals surface area contributed by atoms with Crippen molar-refractivity contribution in [3.05, 3.63) is 52.9 Å². The number of ether oxygens (including phenoxy) is 1. The molecular weight excluding hydrogens is 382 g/mol. The fourth-order valence-corrected chi connectivity index (χ4v) is 3.72. The van der Waals surface area contributed by atoms with Gasteiger partial charge in [-0.05, 0) is 33.8 Å². The Labute approximate surface area is 176 Å². The molecule has 1 fully saturated rings. The molecule has 3 heterocycles. The number of carbonyl (C=O) groups is 1. The summed E-state index contributed by atoms with van der Waals surface area (Å²) in [5.41, 5.74) is 2.48. The molecule has 1 aliphatic rings. The van der Waals surface area contributed by atoms with Gasteiger partial charge < -0.3 is 18.5 Å². The molecule has 1 aromatic carbocycles. The van der Waals surface area contributed by atoms with Crippen molar-refractivity contribution in [1.82, 2.24) is 14.8 Å². The number of aryl methyl sites for hydroxylation is 2. The normalized spacial score (nSPS) is 15.4. The van der Waals surface area contributed by atoms with Crippen molar-refractivity contribution in [3.63, 3.8) is 0 Å². The Morgan fingerprint density at radius 2 is 1.87 bits per heavy atom. The average molecular weight is 412 g/mol. The quantitative estimate of drug-likeness (QED) is 0.612. The zero-order chi connectivity index (χ0) is 21.3. The first-order valence-corrected chi connectivity index (χ1v) is 10.5. The van der Waals surface area contributed by atoms with Crippen LogP contribution >= 0.6 is 0 Å². The number of carbonyl (C=O) groups excluding carboxylic acids is 1. The van der Waals surface area contributed by atoms with Gasteiger partial charge in [0.1, 0.15) is 11.3 Å². The fourth-order valence-electron chi connectivity index (χ4n) is 3.72. The molecule has 0 saturated carbocycles. The molecule has 0 atom stereocenters. The van der Waals surface area contributed by atoms with Crippen LogP contribution in [0.2, 0.25) is 0 Å². The van der Waals surface area contributed by atoms with Gasteiger partial charge in [0.2, 0.25) is 5.89 Å². The van der Waals surface area contributed by atoms with Crippen LogP contribution in [0.5, 0.6) is 0 Å². The lowest BCUT2D eigenvalue weighted by atomic mass is 10.1. The molecular formula is C23H29N3O4. The maximum atomic E-state index is 13.3. The van der Waals surface area contributed by atoms with E-state index in [0.29, 0.717) is 32.0 Å².